The first kappa shape index (κ1) is 21.0. The van der Waals surface area contributed by atoms with Crippen LogP contribution in [0.15, 0.2) is 78.9 Å². The number of hydrogen-bond acceptors (Lipinski definition) is 3. The van der Waals surface area contributed by atoms with Crippen LogP contribution in [-0.4, -0.2) is 16.8 Å². The minimum absolute atomic E-state index is 0.296. The molecule has 1 N–H and O–H groups in total. The molecule has 1 aliphatic rings. The lowest BCUT2D eigenvalue weighted by atomic mass is 9.89. The molecule has 4 nitrogen and oxygen atoms in total. The van der Waals surface area contributed by atoms with Crippen LogP contribution >= 0.6 is 11.6 Å². The fourth-order valence-corrected chi connectivity index (χ4v) is 3.96. The van der Waals surface area contributed by atoms with Gasteiger partial charge in [-0.1, -0.05) is 77.8 Å². The zero-order chi connectivity index (χ0) is 22.0. The van der Waals surface area contributed by atoms with E-state index in [1.54, 1.807) is 24.3 Å². The summed E-state index contributed by atoms with van der Waals surface area (Å²) in [6.07, 6.45) is 2.72. The molecule has 1 atom stereocenters. The van der Waals surface area contributed by atoms with E-state index in [-0.39, 0.29) is 12.2 Å². The lowest BCUT2D eigenvalue weighted by Gasteiger charge is -2.22. The third-order valence-corrected chi connectivity index (χ3v) is 5.68. The zero-order valence-electron chi connectivity index (χ0n) is 17.1. The molecule has 0 bridgehead atoms. The third kappa shape index (κ3) is 4.31. The molecule has 0 unspecified atom stereocenters. The second-order valence-electron chi connectivity index (χ2n) is 7.79. The number of halogens is 1. The number of carbonyl (C=O) groups is 2. The molecular weight excluding hydrogens is 410 g/mol. The zero-order valence-corrected chi connectivity index (χ0v) is 17.8. The van der Waals surface area contributed by atoms with Crippen LogP contribution in [0.1, 0.15) is 28.7 Å². The van der Waals surface area contributed by atoms with Crippen molar-refractivity contribution in [1.82, 2.24) is 0 Å². The molecule has 0 aliphatic carbocycles. The number of carbonyl (C=O) groups excluding carboxylic acids is 2. The SMILES string of the molecule is Cc1ccc(CN2C(=O)[C@](O)(CC(=O)/C=C\c3ccccc3)c3cc(Cl)ccc32)cc1. The van der Waals surface area contributed by atoms with Crippen LogP contribution in [0.3, 0.4) is 0 Å². The normalized spacial score (nSPS) is 17.9. The summed E-state index contributed by atoms with van der Waals surface area (Å²) in [6, 6.07) is 22.2. The van der Waals surface area contributed by atoms with Crippen molar-refractivity contribution >= 4 is 35.1 Å². The van der Waals surface area contributed by atoms with Gasteiger partial charge in [0.05, 0.1) is 18.7 Å². The molecule has 0 spiro atoms. The molecule has 1 heterocycles. The lowest BCUT2D eigenvalue weighted by Crippen LogP contribution is -2.41. The van der Waals surface area contributed by atoms with E-state index in [2.05, 4.69) is 0 Å². The molecule has 1 aliphatic heterocycles. The van der Waals surface area contributed by atoms with E-state index < -0.39 is 11.5 Å². The number of allylic oxidation sites excluding steroid dienone is 1. The minimum atomic E-state index is -1.96. The Labute approximate surface area is 186 Å². The maximum Gasteiger partial charge on any atom is 0.264 e. The van der Waals surface area contributed by atoms with E-state index in [9.17, 15) is 14.7 Å². The van der Waals surface area contributed by atoms with Gasteiger partial charge in [0.25, 0.3) is 5.91 Å². The van der Waals surface area contributed by atoms with Gasteiger partial charge in [0, 0.05) is 10.6 Å². The van der Waals surface area contributed by atoms with Crippen LogP contribution in [0.2, 0.25) is 5.02 Å². The van der Waals surface area contributed by atoms with Crippen molar-refractivity contribution in [3.63, 3.8) is 0 Å². The summed E-state index contributed by atoms with van der Waals surface area (Å²) >= 11 is 6.16. The Bertz CT molecular complexity index is 1160. The van der Waals surface area contributed by atoms with Crippen molar-refractivity contribution in [3.8, 4) is 0 Å². The number of hydrogen-bond donors (Lipinski definition) is 1. The highest BCUT2D eigenvalue weighted by atomic mass is 35.5. The van der Waals surface area contributed by atoms with E-state index in [0.717, 1.165) is 16.7 Å². The molecule has 156 valence electrons. The van der Waals surface area contributed by atoms with Crippen LogP contribution in [-0.2, 0) is 21.7 Å². The van der Waals surface area contributed by atoms with Gasteiger partial charge in [-0.05, 0) is 42.3 Å². The number of rotatable bonds is 6. The highest BCUT2D eigenvalue weighted by Gasteiger charge is 2.50. The van der Waals surface area contributed by atoms with Crippen molar-refractivity contribution in [3.05, 3.63) is 106 Å². The Balaban J connectivity index is 1.63. The second-order valence-corrected chi connectivity index (χ2v) is 8.22. The molecule has 0 aromatic heterocycles. The Morgan fingerprint density at radius 2 is 1.77 bits per heavy atom. The lowest BCUT2D eigenvalue weighted by molar-refractivity contribution is -0.140. The largest absolute Gasteiger partial charge is 0.375 e. The van der Waals surface area contributed by atoms with Crippen LogP contribution in [0.25, 0.3) is 6.08 Å². The quantitative estimate of drug-likeness (QED) is 0.555. The summed E-state index contributed by atoms with van der Waals surface area (Å²) in [6.45, 7) is 2.29. The molecule has 3 aromatic rings. The standard InChI is InChI=1S/C26H22ClNO3/c1-18-7-9-20(10-8-18)17-28-24-14-12-21(27)15-23(24)26(31,25(28)30)16-22(29)13-11-19-5-3-2-4-6-19/h2-15,31H,16-17H2,1H3/b13-11-/t26-/m0/s1. The van der Waals surface area contributed by atoms with Crippen LogP contribution in [0.5, 0.6) is 0 Å². The first-order valence-electron chi connectivity index (χ1n) is 10.0. The topological polar surface area (TPSA) is 57.6 Å². The van der Waals surface area contributed by atoms with Crippen molar-refractivity contribution < 1.29 is 14.7 Å². The molecule has 0 radical (unpaired) electrons. The molecule has 4 rings (SSSR count). The number of aliphatic hydroxyl groups is 1. The van der Waals surface area contributed by atoms with Crippen LogP contribution in [0, 0.1) is 6.92 Å². The predicted octanol–water partition coefficient (Wildman–Crippen LogP) is 5.06. The summed E-state index contributed by atoms with van der Waals surface area (Å²) in [5, 5.41) is 11.8. The molecule has 31 heavy (non-hydrogen) atoms. The summed E-state index contributed by atoms with van der Waals surface area (Å²) in [5.41, 5.74) is 1.89. The Kier molecular flexibility index (Phi) is 5.77. The number of fused-ring (bicyclic) bond motifs is 1. The number of benzene rings is 3. The molecule has 0 fully saturated rings. The number of anilines is 1. The molecular formula is C26H22ClNO3. The summed E-state index contributed by atoms with van der Waals surface area (Å²) in [7, 11) is 0. The molecule has 5 heteroatoms. The molecule has 1 amide bonds. The Hall–Kier alpha value is -3.21. The second kappa shape index (κ2) is 8.50. The maximum atomic E-state index is 13.3. The number of nitrogens with zero attached hydrogens (tertiary/aromatic N) is 1. The first-order chi connectivity index (χ1) is 14.9. The van der Waals surface area contributed by atoms with Gasteiger partial charge in [-0.2, -0.15) is 0 Å². The molecule has 3 aromatic carbocycles. The van der Waals surface area contributed by atoms with Crippen molar-refractivity contribution in [2.24, 2.45) is 0 Å². The van der Waals surface area contributed by atoms with Gasteiger partial charge >= 0.3 is 0 Å². The van der Waals surface area contributed by atoms with Gasteiger partial charge in [-0.15, -0.1) is 0 Å². The van der Waals surface area contributed by atoms with E-state index in [0.29, 0.717) is 22.8 Å². The number of aryl methyl sites for hydroxylation is 1. The van der Waals surface area contributed by atoms with E-state index in [4.69, 9.17) is 11.6 Å². The summed E-state index contributed by atoms with van der Waals surface area (Å²) in [5.74, 6) is -0.866. The maximum absolute atomic E-state index is 13.3. The summed E-state index contributed by atoms with van der Waals surface area (Å²) in [4.78, 5) is 27.5. The molecule has 0 saturated heterocycles. The van der Waals surface area contributed by atoms with E-state index in [1.807, 2.05) is 61.5 Å². The van der Waals surface area contributed by atoms with Crippen LogP contribution in [0.4, 0.5) is 5.69 Å². The molecule has 0 saturated carbocycles. The average Bonchev–Trinajstić information content (AvgIpc) is 2.96. The average molecular weight is 432 g/mol. The Morgan fingerprint density at radius 1 is 1.06 bits per heavy atom. The van der Waals surface area contributed by atoms with Gasteiger partial charge < -0.3 is 10.0 Å². The Morgan fingerprint density at radius 3 is 2.48 bits per heavy atom. The van der Waals surface area contributed by atoms with Crippen LogP contribution < -0.4 is 4.90 Å². The fraction of sp³-hybridized carbons (Fsp3) is 0.154. The first-order valence-corrected chi connectivity index (χ1v) is 10.4. The highest BCUT2D eigenvalue weighted by Crippen LogP contribution is 2.44. The number of ketones is 1. The van der Waals surface area contributed by atoms with Gasteiger partial charge in [-0.25, -0.2) is 0 Å². The minimum Gasteiger partial charge on any atom is -0.375 e. The third-order valence-electron chi connectivity index (χ3n) is 5.45. The smallest absolute Gasteiger partial charge is 0.264 e. The fourth-order valence-electron chi connectivity index (χ4n) is 3.79. The van der Waals surface area contributed by atoms with Gasteiger partial charge in [0.1, 0.15) is 0 Å². The van der Waals surface area contributed by atoms with E-state index in [1.165, 1.54) is 11.0 Å². The monoisotopic (exact) mass is 431 g/mol. The number of amides is 1. The van der Waals surface area contributed by atoms with Crippen molar-refractivity contribution in [2.75, 3.05) is 4.90 Å². The van der Waals surface area contributed by atoms with Gasteiger partial charge in [-0.3, -0.25) is 9.59 Å². The van der Waals surface area contributed by atoms with Crippen molar-refractivity contribution in [1.29, 1.82) is 0 Å². The summed E-state index contributed by atoms with van der Waals surface area (Å²) < 4.78 is 0. The predicted molar refractivity (Wildman–Crippen MR) is 123 cm³/mol. The van der Waals surface area contributed by atoms with Gasteiger partial charge in [0.2, 0.25) is 0 Å². The van der Waals surface area contributed by atoms with E-state index >= 15 is 0 Å². The van der Waals surface area contributed by atoms with Gasteiger partial charge in [0.15, 0.2) is 11.4 Å². The van der Waals surface area contributed by atoms with Crippen molar-refractivity contribution in [2.45, 2.75) is 25.5 Å². The highest BCUT2D eigenvalue weighted by molar-refractivity contribution is 6.31.